The van der Waals surface area contributed by atoms with Gasteiger partial charge in [0, 0.05) is 6.61 Å². The highest BCUT2D eigenvalue weighted by Gasteiger charge is 2.10. The first kappa shape index (κ1) is 13.6. The van der Waals surface area contributed by atoms with E-state index in [9.17, 15) is 10.2 Å². The van der Waals surface area contributed by atoms with Crippen molar-refractivity contribution in [3.63, 3.8) is 0 Å². The lowest BCUT2D eigenvalue weighted by Gasteiger charge is -2.15. The number of aliphatic hydroxyl groups excluding tert-OH is 1. The van der Waals surface area contributed by atoms with Gasteiger partial charge in [-0.2, -0.15) is 0 Å². The smallest absolute Gasteiger partial charge is 0.115 e. The van der Waals surface area contributed by atoms with Gasteiger partial charge in [0.25, 0.3) is 0 Å². The molecule has 2 aromatic rings. The minimum Gasteiger partial charge on any atom is -0.508 e. The maximum Gasteiger partial charge on any atom is 0.115 e. The lowest BCUT2D eigenvalue weighted by atomic mass is 9.92. The summed E-state index contributed by atoms with van der Waals surface area (Å²) in [5, 5.41) is 19.0. The molecule has 0 heterocycles. The molecule has 2 aromatic carbocycles. The number of hydrogen-bond donors (Lipinski definition) is 2. The maximum absolute atomic E-state index is 9.52. The molecule has 0 spiro atoms. The number of aryl methyl sites for hydroxylation is 1. The van der Waals surface area contributed by atoms with Crippen LogP contribution >= 0.6 is 0 Å². The van der Waals surface area contributed by atoms with E-state index in [-0.39, 0.29) is 18.3 Å². The summed E-state index contributed by atoms with van der Waals surface area (Å²) in [7, 11) is 0. The van der Waals surface area contributed by atoms with Crippen LogP contribution in [0.2, 0.25) is 0 Å². The highest BCUT2D eigenvalue weighted by molar-refractivity contribution is 5.28. The minimum atomic E-state index is 0.156. The molecule has 0 amide bonds. The molecule has 0 saturated carbocycles. The van der Waals surface area contributed by atoms with Crippen molar-refractivity contribution in [3.8, 4) is 5.75 Å². The van der Waals surface area contributed by atoms with Crippen LogP contribution in [-0.2, 0) is 12.8 Å². The molecule has 0 fully saturated rings. The number of hydrogen-bond acceptors (Lipinski definition) is 2. The molecule has 1 unspecified atom stereocenters. The average Bonchev–Trinajstić information content (AvgIpc) is 2.38. The molecule has 1 atom stereocenters. The lowest BCUT2D eigenvalue weighted by Crippen LogP contribution is -2.13. The Bertz CT molecular complexity index is 487. The Labute approximate surface area is 114 Å². The largest absolute Gasteiger partial charge is 0.508 e. The van der Waals surface area contributed by atoms with E-state index in [4.69, 9.17) is 0 Å². The van der Waals surface area contributed by atoms with Gasteiger partial charge in [0.05, 0.1) is 0 Å². The molecule has 100 valence electrons. The summed E-state index contributed by atoms with van der Waals surface area (Å²) in [6, 6.07) is 15.6. The van der Waals surface area contributed by atoms with Crippen molar-refractivity contribution in [2.75, 3.05) is 6.61 Å². The highest BCUT2D eigenvalue weighted by atomic mass is 16.3. The number of phenolic OH excluding ortho intramolecular Hbond substituents is 1. The Hall–Kier alpha value is -1.80. The molecule has 0 aliphatic rings. The predicted octanol–water partition coefficient (Wildman–Crippen LogP) is 3.09. The van der Waals surface area contributed by atoms with Crippen molar-refractivity contribution in [3.05, 3.63) is 65.2 Å². The van der Waals surface area contributed by atoms with Gasteiger partial charge < -0.3 is 10.2 Å². The van der Waals surface area contributed by atoms with Crippen LogP contribution in [0.25, 0.3) is 0 Å². The van der Waals surface area contributed by atoms with Crippen LogP contribution in [0.1, 0.15) is 16.7 Å². The van der Waals surface area contributed by atoms with Gasteiger partial charge in [-0.05, 0) is 48.9 Å². The van der Waals surface area contributed by atoms with E-state index >= 15 is 0 Å². The van der Waals surface area contributed by atoms with Gasteiger partial charge in [-0.25, -0.2) is 0 Å². The van der Waals surface area contributed by atoms with Crippen LogP contribution in [0, 0.1) is 12.8 Å². The molecule has 0 aliphatic carbocycles. The molecule has 2 rings (SSSR count). The van der Waals surface area contributed by atoms with E-state index in [1.165, 1.54) is 11.1 Å². The molecule has 2 nitrogen and oxygen atoms in total. The molecule has 0 saturated heterocycles. The molecule has 2 N–H and O–H groups in total. The highest BCUT2D eigenvalue weighted by Crippen LogP contribution is 2.18. The predicted molar refractivity (Wildman–Crippen MR) is 77.3 cm³/mol. The van der Waals surface area contributed by atoms with Crippen LogP contribution in [0.5, 0.6) is 5.75 Å². The molecular formula is C17H20O2. The number of aromatic hydroxyl groups is 1. The Morgan fingerprint density at radius 1 is 0.947 bits per heavy atom. The second-order valence-corrected chi connectivity index (χ2v) is 5.12. The van der Waals surface area contributed by atoms with Gasteiger partial charge in [-0.3, -0.25) is 0 Å². The quantitative estimate of drug-likeness (QED) is 0.863. The molecule has 0 bridgehead atoms. The maximum atomic E-state index is 9.52. The summed E-state index contributed by atoms with van der Waals surface area (Å²) in [5.41, 5.74) is 3.55. The normalized spacial score (nSPS) is 12.3. The van der Waals surface area contributed by atoms with Crippen LogP contribution in [-0.4, -0.2) is 16.8 Å². The van der Waals surface area contributed by atoms with Crippen LogP contribution in [0.4, 0.5) is 0 Å². The van der Waals surface area contributed by atoms with E-state index in [1.807, 2.05) is 18.2 Å². The van der Waals surface area contributed by atoms with E-state index in [0.29, 0.717) is 0 Å². The van der Waals surface area contributed by atoms with Gasteiger partial charge in [-0.1, -0.05) is 42.0 Å². The third kappa shape index (κ3) is 4.11. The van der Waals surface area contributed by atoms with E-state index in [2.05, 4.69) is 25.1 Å². The number of benzene rings is 2. The summed E-state index contributed by atoms with van der Waals surface area (Å²) in [6.45, 7) is 2.23. The molecular weight excluding hydrogens is 236 g/mol. The molecule has 0 aliphatic heterocycles. The van der Waals surface area contributed by atoms with E-state index in [1.54, 1.807) is 12.1 Å². The van der Waals surface area contributed by atoms with Gasteiger partial charge in [0.1, 0.15) is 5.75 Å². The van der Waals surface area contributed by atoms with Crippen LogP contribution in [0.3, 0.4) is 0 Å². The van der Waals surface area contributed by atoms with Crippen molar-refractivity contribution >= 4 is 0 Å². The minimum absolute atomic E-state index is 0.156. The fraction of sp³-hybridized carbons (Fsp3) is 0.294. The zero-order valence-electron chi connectivity index (χ0n) is 11.2. The number of phenols is 1. The lowest BCUT2D eigenvalue weighted by molar-refractivity contribution is 0.225. The first-order valence-corrected chi connectivity index (χ1v) is 6.61. The van der Waals surface area contributed by atoms with Crippen LogP contribution in [0.15, 0.2) is 48.5 Å². The first-order valence-electron chi connectivity index (χ1n) is 6.61. The van der Waals surface area contributed by atoms with Crippen molar-refractivity contribution in [2.24, 2.45) is 5.92 Å². The fourth-order valence-electron chi connectivity index (χ4n) is 2.39. The first-order chi connectivity index (χ1) is 9.17. The molecule has 0 radical (unpaired) electrons. The summed E-state index contributed by atoms with van der Waals surface area (Å²) in [5.74, 6) is 0.466. The standard InChI is InChI=1S/C17H20O2/c1-13-4-2-5-14(8-13)9-16(12-18)10-15-6-3-7-17(19)11-15/h2-8,11,16,18-19H,9-10,12H2,1H3. The summed E-state index contributed by atoms with van der Waals surface area (Å²) in [6.07, 6.45) is 1.63. The Morgan fingerprint density at radius 3 is 2.16 bits per heavy atom. The Balaban J connectivity index is 2.04. The Morgan fingerprint density at radius 2 is 1.58 bits per heavy atom. The number of aliphatic hydroxyl groups is 1. The van der Waals surface area contributed by atoms with Crippen molar-refractivity contribution in [2.45, 2.75) is 19.8 Å². The topological polar surface area (TPSA) is 40.5 Å². The monoisotopic (exact) mass is 256 g/mol. The second-order valence-electron chi connectivity index (χ2n) is 5.12. The van der Waals surface area contributed by atoms with Crippen molar-refractivity contribution in [1.29, 1.82) is 0 Å². The summed E-state index contributed by atoms with van der Waals surface area (Å²) < 4.78 is 0. The molecule has 2 heteroatoms. The van der Waals surface area contributed by atoms with E-state index < -0.39 is 0 Å². The SMILES string of the molecule is Cc1cccc(CC(CO)Cc2cccc(O)c2)c1. The second kappa shape index (κ2) is 6.39. The van der Waals surface area contributed by atoms with E-state index in [0.717, 1.165) is 18.4 Å². The molecule has 19 heavy (non-hydrogen) atoms. The summed E-state index contributed by atoms with van der Waals surface area (Å²) in [4.78, 5) is 0. The van der Waals surface area contributed by atoms with Crippen molar-refractivity contribution < 1.29 is 10.2 Å². The van der Waals surface area contributed by atoms with Crippen LogP contribution < -0.4 is 0 Å². The van der Waals surface area contributed by atoms with Crippen molar-refractivity contribution in [1.82, 2.24) is 0 Å². The third-order valence-electron chi connectivity index (χ3n) is 3.30. The molecule has 0 aromatic heterocycles. The summed E-state index contributed by atoms with van der Waals surface area (Å²) >= 11 is 0. The van der Waals surface area contributed by atoms with Gasteiger partial charge in [0.15, 0.2) is 0 Å². The fourth-order valence-corrected chi connectivity index (χ4v) is 2.39. The number of rotatable bonds is 5. The third-order valence-corrected chi connectivity index (χ3v) is 3.30. The van der Waals surface area contributed by atoms with Gasteiger partial charge >= 0.3 is 0 Å². The van der Waals surface area contributed by atoms with Gasteiger partial charge in [0.2, 0.25) is 0 Å². The zero-order chi connectivity index (χ0) is 13.7. The zero-order valence-corrected chi connectivity index (χ0v) is 11.2. The Kier molecular flexibility index (Phi) is 4.58. The van der Waals surface area contributed by atoms with Gasteiger partial charge in [-0.15, -0.1) is 0 Å². The average molecular weight is 256 g/mol.